The monoisotopic (exact) mass is 438 g/mol. The summed E-state index contributed by atoms with van der Waals surface area (Å²) in [6.45, 7) is 0.728. The Hall–Kier alpha value is -2.90. The number of methoxy groups -OCH3 is 1. The van der Waals surface area contributed by atoms with E-state index in [1.54, 1.807) is 12.0 Å². The standard InChI is InChI=1S/C25H31FN4O2/c1-30(25(31)24-14-18-9-12-21(32-2)16-22(18)27-24)13-5-3-4-6-20-15-23(29-28-20)17-7-10-19(26)11-8-17/h7-12,14,16,20,23,27-29H,3-6,13,15H2,1-2H3. The lowest BCUT2D eigenvalue weighted by atomic mass is 9.99. The first-order valence-corrected chi connectivity index (χ1v) is 11.2. The van der Waals surface area contributed by atoms with Crippen molar-refractivity contribution < 1.29 is 13.9 Å². The van der Waals surface area contributed by atoms with Crippen molar-refractivity contribution in [3.8, 4) is 5.75 Å². The third-order valence-corrected chi connectivity index (χ3v) is 6.21. The van der Waals surface area contributed by atoms with Crippen molar-refractivity contribution in [3.05, 3.63) is 65.6 Å². The van der Waals surface area contributed by atoms with Gasteiger partial charge in [-0.3, -0.25) is 15.6 Å². The van der Waals surface area contributed by atoms with Gasteiger partial charge in [-0.1, -0.05) is 25.0 Å². The fraction of sp³-hybridized carbons (Fsp3) is 0.400. The summed E-state index contributed by atoms with van der Waals surface area (Å²) in [7, 11) is 3.48. The number of aromatic amines is 1. The van der Waals surface area contributed by atoms with E-state index in [1.807, 2.05) is 43.4 Å². The van der Waals surface area contributed by atoms with Gasteiger partial charge in [-0.15, -0.1) is 0 Å². The summed E-state index contributed by atoms with van der Waals surface area (Å²) < 4.78 is 18.3. The Balaban J connectivity index is 1.17. The Kier molecular flexibility index (Phi) is 7.07. The van der Waals surface area contributed by atoms with Gasteiger partial charge in [0.25, 0.3) is 5.91 Å². The molecule has 32 heavy (non-hydrogen) atoms. The van der Waals surface area contributed by atoms with Gasteiger partial charge in [0.2, 0.25) is 0 Å². The molecule has 1 amide bonds. The number of hydrazine groups is 1. The molecule has 2 atom stereocenters. The molecule has 3 N–H and O–H groups in total. The second-order valence-electron chi connectivity index (χ2n) is 8.54. The van der Waals surface area contributed by atoms with Crippen molar-refractivity contribution in [2.45, 2.75) is 44.2 Å². The van der Waals surface area contributed by atoms with Crippen molar-refractivity contribution in [3.63, 3.8) is 0 Å². The van der Waals surface area contributed by atoms with Crippen molar-refractivity contribution >= 4 is 16.8 Å². The van der Waals surface area contributed by atoms with E-state index in [1.165, 1.54) is 12.1 Å². The van der Waals surface area contributed by atoms with E-state index in [2.05, 4.69) is 15.8 Å². The van der Waals surface area contributed by atoms with E-state index in [-0.39, 0.29) is 17.8 Å². The molecule has 0 saturated carbocycles. The third kappa shape index (κ3) is 5.29. The summed E-state index contributed by atoms with van der Waals surface area (Å²) in [5.74, 6) is 0.566. The molecule has 1 aromatic heterocycles. The van der Waals surface area contributed by atoms with Crippen molar-refractivity contribution in [2.75, 3.05) is 20.7 Å². The normalized spacial score (nSPS) is 18.2. The molecule has 6 nitrogen and oxygen atoms in total. The number of ether oxygens (including phenoxy) is 1. The fourth-order valence-electron chi connectivity index (χ4n) is 4.30. The van der Waals surface area contributed by atoms with Crippen molar-refractivity contribution in [1.29, 1.82) is 0 Å². The van der Waals surface area contributed by atoms with Gasteiger partial charge in [-0.25, -0.2) is 4.39 Å². The maximum absolute atomic E-state index is 13.1. The van der Waals surface area contributed by atoms with E-state index in [9.17, 15) is 9.18 Å². The first-order chi connectivity index (χ1) is 15.5. The molecule has 0 radical (unpaired) electrons. The lowest BCUT2D eigenvalue weighted by Crippen LogP contribution is -2.30. The number of aromatic nitrogens is 1. The topological polar surface area (TPSA) is 69.4 Å². The SMILES string of the molecule is COc1ccc2cc(C(=O)N(C)CCCCCC3CC(c4ccc(F)cc4)NN3)[nH]c2c1. The molecule has 2 unspecified atom stereocenters. The largest absolute Gasteiger partial charge is 0.497 e. The van der Waals surface area contributed by atoms with Crippen LogP contribution in [-0.4, -0.2) is 42.5 Å². The fourth-order valence-corrected chi connectivity index (χ4v) is 4.30. The van der Waals surface area contributed by atoms with Crippen LogP contribution in [0.1, 0.15) is 54.2 Å². The number of benzene rings is 2. The summed E-state index contributed by atoms with van der Waals surface area (Å²) in [6.07, 6.45) is 5.21. The van der Waals surface area contributed by atoms with E-state index in [0.717, 1.165) is 60.9 Å². The predicted octanol–water partition coefficient (Wildman–Crippen LogP) is 4.56. The van der Waals surface area contributed by atoms with Gasteiger partial charge >= 0.3 is 0 Å². The van der Waals surface area contributed by atoms with E-state index < -0.39 is 0 Å². The number of halogens is 1. The van der Waals surface area contributed by atoms with Crippen LogP contribution >= 0.6 is 0 Å². The first-order valence-electron chi connectivity index (χ1n) is 11.2. The molecule has 1 fully saturated rings. The quantitative estimate of drug-likeness (QED) is 0.429. The highest BCUT2D eigenvalue weighted by molar-refractivity contribution is 5.98. The van der Waals surface area contributed by atoms with Crippen LogP contribution in [0.5, 0.6) is 5.75 Å². The summed E-state index contributed by atoms with van der Waals surface area (Å²) in [5.41, 5.74) is 9.28. The Morgan fingerprint density at radius 1 is 1.09 bits per heavy atom. The van der Waals surface area contributed by atoms with Gasteiger partial charge in [-0.2, -0.15) is 0 Å². The Labute approximate surface area is 188 Å². The van der Waals surface area contributed by atoms with Crippen LogP contribution in [0, 0.1) is 5.82 Å². The highest BCUT2D eigenvalue weighted by atomic mass is 19.1. The average Bonchev–Trinajstić information content (AvgIpc) is 3.45. The predicted molar refractivity (Wildman–Crippen MR) is 124 cm³/mol. The highest BCUT2D eigenvalue weighted by Crippen LogP contribution is 2.25. The molecule has 2 aromatic carbocycles. The minimum atomic E-state index is -0.204. The van der Waals surface area contributed by atoms with Gasteiger partial charge in [0, 0.05) is 42.6 Å². The molecule has 1 aliphatic rings. The van der Waals surface area contributed by atoms with Crippen LogP contribution in [0.2, 0.25) is 0 Å². The second kappa shape index (κ2) is 10.1. The van der Waals surface area contributed by atoms with Crippen LogP contribution in [0.4, 0.5) is 4.39 Å². The lowest BCUT2D eigenvalue weighted by molar-refractivity contribution is 0.0787. The minimum absolute atomic E-state index is 0.00367. The summed E-state index contributed by atoms with van der Waals surface area (Å²) in [6, 6.07) is 15.0. The maximum Gasteiger partial charge on any atom is 0.270 e. The summed E-state index contributed by atoms with van der Waals surface area (Å²) in [5, 5.41) is 0.999. The number of nitrogens with zero attached hydrogens (tertiary/aromatic N) is 1. The number of amides is 1. The number of hydrogen-bond acceptors (Lipinski definition) is 4. The van der Waals surface area contributed by atoms with Gasteiger partial charge in [-0.05, 0) is 55.2 Å². The molecule has 0 aliphatic carbocycles. The number of unbranched alkanes of at least 4 members (excludes halogenated alkanes) is 2. The molecule has 2 heterocycles. The molecular weight excluding hydrogens is 407 g/mol. The Bertz CT molecular complexity index is 1050. The average molecular weight is 439 g/mol. The van der Waals surface area contributed by atoms with Crippen LogP contribution in [0.15, 0.2) is 48.5 Å². The number of fused-ring (bicyclic) bond motifs is 1. The zero-order chi connectivity index (χ0) is 22.5. The molecule has 0 spiro atoms. The van der Waals surface area contributed by atoms with E-state index in [0.29, 0.717) is 11.7 Å². The van der Waals surface area contributed by atoms with Crippen LogP contribution < -0.4 is 15.6 Å². The summed E-state index contributed by atoms with van der Waals surface area (Å²) >= 11 is 0. The van der Waals surface area contributed by atoms with Gasteiger partial charge in [0.1, 0.15) is 17.3 Å². The zero-order valence-corrected chi connectivity index (χ0v) is 18.7. The molecule has 1 saturated heterocycles. The maximum atomic E-state index is 13.1. The smallest absolute Gasteiger partial charge is 0.270 e. The third-order valence-electron chi connectivity index (χ3n) is 6.21. The minimum Gasteiger partial charge on any atom is -0.497 e. The number of carbonyl (C=O) groups excluding carboxylic acids is 1. The molecule has 1 aliphatic heterocycles. The van der Waals surface area contributed by atoms with Crippen molar-refractivity contribution in [1.82, 2.24) is 20.7 Å². The molecule has 3 aromatic rings. The first kappa shape index (κ1) is 22.3. The van der Waals surface area contributed by atoms with Gasteiger partial charge in [0.05, 0.1) is 7.11 Å². The number of carbonyl (C=O) groups is 1. The molecule has 7 heteroatoms. The van der Waals surface area contributed by atoms with Crippen molar-refractivity contribution in [2.24, 2.45) is 0 Å². The van der Waals surface area contributed by atoms with Crippen LogP contribution in [0.3, 0.4) is 0 Å². The van der Waals surface area contributed by atoms with E-state index in [4.69, 9.17) is 4.74 Å². The number of nitrogens with one attached hydrogen (secondary N) is 3. The number of rotatable bonds is 9. The van der Waals surface area contributed by atoms with Crippen LogP contribution in [-0.2, 0) is 0 Å². The van der Waals surface area contributed by atoms with Crippen LogP contribution in [0.25, 0.3) is 10.9 Å². The van der Waals surface area contributed by atoms with E-state index >= 15 is 0 Å². The van der Waals surface area contributed by atoms with Gasteiger partial charge < -0.3 is 14.6 Å². The molecular formula is C25H31FN4O2. The highest BCUT2D eigenvalue weighted by Gasteiger charge is 2.24. The summed E-state index contributed by atoms with van der Waals surface area (Å²) in [4.78, 5) is 17.7. The number of hydrogen-bond donors (Lipinski definition) is 3. The zero-order valence-electron chi connectivity index (χ0n) is 18.7. The lowest BCUT2D eigenvalue weighted by Gasteiger charge is -2.16. The molecule has 170 valence electrons. The van der Waals surface area contributed by atoms with Gasteiger partial charge in [0.15, 0.2) is 0 Å². The Morgan fingerprint density at radius 3 is 2.69 bits per heavy atom. The Morgan fingerprint density at radius 2 is 1.91 bits per heavy atom. The molecule has 0 bridgehead atoms. The molecule has 4 rings (SSSR count). The second-order valence-corrected chi connectivity index (χ2v) is 8.54. The number of H-pyrrole nitrogens is 1.